The van der Waals surface area contributed by atoms with Crippen molar-refractivity contribution in [3.8, 4) is 0 Å². The minimum atomic E-state index is -0.906. The van der Waals surface area contributed by atoms with Gasteiger partial charge in [-0.2, -0.15) is 0 Å². The molecule has 0 radical (unpaired) electrons. The minimum Gasteiger partial charge on any atom is -0.480 e. The van der Waals surface area contributed by atoms with Gasteiger partial charge in [-0.25, -0.2) is 4.79 Å². The number of hydrogen-bond donors (Lipinski definition) is 1. The first-order valence-corrected chi connectivity index (χ1v) is 3.70. The van der Waals surface area contributed by atoms with Crippen LogP contribution in [0.25, 0.3) is 0 Å². The molecule has 0 spiro atoms. The third-order valence-corrected chi connectivity index (χ3v) is 1.61. The van der Waals surface area contributed by atoms with Crippen molar-refractivity contribution in [1.29, 1.82) is 0 Å². The van der Waals surface area contributed by atoms with Gasteiger partial charge in [-0.05, 0) is 12.8 Å². The lowest BCUT2D eigenvalue weighted by atomic mass is 10.2. The molecule has 1 rings (SSSR count). The molecule has 1 N–H and O–H groups in total. The molecular formula is C7H12O4. The lowest BCUT2D eigenvalue weighted by Gasteiger charge is -2.21. The molecule has 4 heteroatoms. The summed E-state index contributed by atoms with van der Waals surface area (Å²) in [6.07, 6.45) is 1.71. The number of ether oxygens (including phenoxy) is 2. The number of aliphatic carboxylic acids is 1. The summed E-state index contributed by atoms with van der Waals surface area (Å²) >= 11 is 0. The van der Waals surface area contributed by atoms with E-state index in [1.54, 1.807) is 0 Å². The van der Waals surface area contributed by atoms with Gasteiger partial charge in [0.15, 0.2) is 0 Å². The van der Waals surface area contributed by atoms with E-state index in [0.29, 0.717) is 13.2 Å². The Morgan fingerprint density at radius 1 is 1.55 bits per heavy atom. The average Bonchev–Trinajstić information content (AvgIpc) is 2.03. The van der Waals surface area contributed by atoms with Crippen LogP contribution in [-0.4, -0.2) is 37.0 Å². The topological polar surface area (TPSA) is 55.8 Å². The smallest absolute Gasteiger partial charge is 0.329 e. The first-order valence-electron chi connectivity index (χ1n) is 3.70. The number of carboxylic acids is 1. The first-order chi connectivity index (χ1) is 5.29. The zero-order valence-corrected chi connectivity index (χ0v) is 6.28. The number of hydrogen-bond acceptors (Lipinski definition) is 3. The summed E-state index contributed by atoms with van der Waals surface area (Å²) in [7, 11) is 0. The fraction of sp³-hybridized carbons (Fsp3) is 0.857. The minimum absolute atomic E-state index is 0.0832. The number of carboxylic acid groups (broad SMARTS) is 1. The molecule has 0 aliphatic carbocycles. The van der Waals surface area contributed by atoms with Crippen LogP contribution in [0.2, 0.25) is 0 Å². The van der Waals surface area contributed by atoms with E-state index in [-0.39, 0.29) is 12.7 Å². The monoisotopic (exact) mass is 160 g/mol. The maximum absolute atomic E-state index is 10.1. The Bertz CT molecular complexity index is 128. The van der Waals surface area contributed by atoms with E-state index in [2.05, 4.69) is 0 Å². The summed E-state index contributed by atoms with van der Waals surface area (Å²) in [5.74, 6) is -0.906. The Hall–Kier alpha value is -0.610. The molecule has 0 aromatic heterocycles. The molecule has 0 bridgehead atoms. The van der Waals surface area contributed by atoms with Gasteiger partial charge in [0.2, 0.25) is 0 Å². The molecule has 0 atom stereocenters. The van der Waals surface area contributed by atoms with Crippen molar-refractivity contribution in [2.45, 2.75) is 18.9 Å². The Balaban J connectivity index is 2.09. The normalized spacial score (nSPS) is 20.0. The lowest BCUT2D eigenvalue weighted by molar-refractivity contribution is -0.146. The molecule has 1 saturated heterocycles. The van der Waals surface area contributed by atoms with Crippen molar-refractivity contribution < 1.29 is 19.4 Å². The van der Waals surface area contributed by atoms with E-state index < -0.39 is 5.97 Å². The highest BCUT2D eigenvalue weighted by Crippen LogP contribution is 2.09. The molecular weight excluding hydrogens is 148 g/mol. The molecule has 1 fully saturated rings. The zero-order valence-electron chi connectivity index (χ0n) is 6.28. The van der Waals surface area contributed by atoms with Gasteiger partial charge in [-0.15, -0.1) is 0 Å². The number of carbonyl (C=O) groups is 1. The van der Waals surface area contributed by atoms with Crippen LogP contribution in [0.3, 0.4) is 0 Å². The van der Waals surface area contributed by atoms with Gasteiger partial charge in [0, 0.05) is 13.2 Å². The summed E-state index contributed by atoms with van der Waals surface area (Å²) in [5.41, 5.74) is 0. The predicted octanol–water partition coefficient (Wildman–Crippen LogP) is 0.267. The largest absolute Gasteiger partial charge is 0.480 e. The van der Waals surface area contributed by atoms with Gasteiger partial charge in [-0.3, -0.25) is 0 Å². The standard InChI is InChI=1S/C7H12O4/c8-7(9)5-11-6-1-3-10-4-2-6/h6H,1-5H2,(H,8,9). The van der Waals surface area contributed by atoms with Crippen LogP contribution >= 0.6 is 0 Å². The molecule has 0 saturated carbocycles. The molecule has 1 aliphatic rings. The maximum Gasteiger partial charge on any atom is 0.329 e. The highest BCUT2D eigenvalue weighted by atomic mass is 16.5. The van der Waals surface area contributed by atoms with Crippen molar-refractivity contribution in [3.63, 3.8) is 0 Å². The lowest BCUT2D eigenvalue weighted by Crippen LogP contribution is -2.25. The first kappa shape index (κ1) is 8.49. The van der Waals surface area contributed by atoms with Crippen molar-refractivity contribution >= 4 is 5.97 Å². The second-order valence-corrected chi connectivity index (χ2v) is 2.52. The van der Waals surface area contributed by atoms with E-state index in [9.17, 15) is 4.79 Å². The van der Waals surface area contributed by atoms with Crippen molar-refractivity contribution in [3.05, 3.63) is 0 Å². The van der Waals surface area contributed by atoms with Gasteiger partial charge in [0.05, 0.1) is 6.10 Å². The van der Waals surface area contributed by atoms with Gasteiger partial charge in [0.1, 0.15) is 6.61 Å². The van der Waals surface area contributed by atoms with Crippen LogP contribution in [0.5, 0.6) is 0 Å². The Kier molecular flexibility index (Phi) is 3.32. The van der Waals surface area contributed by atoms with E-state index in [0.717, 1.165) is 12.8 Å². The van der Waals surface area contributed by atoms with Crippen LogP contribution in [0.4, 0.5) is 0 Å². The number of rotatable bonds is 3. The molecule has 0 aromatic rings. The SMILES string of the molecule is O=C(O)COC1CCOCC1. The van der Waals surface area contributed by atoms with Crippen molar-refractivity contribution in [2.75, 3.05) is 19.8 Å². The van der Waals surface area contributed by atoms with Crippen LogP contribution in [0, 0.1) is 0 Å². The highest BCUT2D eigenvalue weighted by molar-refractivity contribution is 5.68. The average molecular weight is 160 g/mol. The van der Waals surface area contributed by atoms with Crippen molar-refractivity contribution in [2.24, 2.45) is 0 Å². The van der Waals surface area contributed by atoms with Gasteiger partial charge in [-0.1, -0.05) is 0 Å². The van der Waals surface area contributed by atoms with E-state index in [1.165, 1.54) is 0 Å². The summed E-state index contributed by atoms with van der Waals surface area (Å²) < 4.78 is 10.1. The van der Waals surface area contributed by atoms with E-state index in [4.69, 9.17) is 14.6 Å². The van der Waals surface area contributed by atoms with Crippen LogP contribution in [0.15, 0.2) is 0 Å². The van der Waals surface area contributed by atoms with E-state index >= 15 is 0 Å². The van der Waals surface area contributed by atoms with Gasteiger partial charge >= 0.3 is 5.97 Å². The Labute approximate surface area is 65.1 Å². The maximum atomic E-state index is 10.1. The summed E-state index contributed by atoms with van der Waals surface area (Å²) in [4.78, 5) is 10.1. The summed E-state index contributed by atoms with van der Waals surface area (Å²) in [5, 5.41) is 8.29. The van der Waals surface area contributed by atoms with E-state index in [1.807, 2.05) is 0 Å². The van der Waals surface area contributed by atoms with Crippen LogP contribution in [0.1, 0.15) is 12.8 Å². The Morgan fingerprint density at radius 3 is 2.73 bits per heavy atom. The van der Waals surface area contributed by atoms with Crippen LogP contribution < -0.4 is 0 Å². The molecule has 4 nitrogen and oxygen atoms in total. The summed E-state index contributed by atoms with van der Waals surface area (Å²) in [6, 6.07) is 0. The second kappa shape index (κ2) is 4.31. The van der Waals surface area contributed by atoms with Crippen molar-refractivity contribution in [1.82, 2.24) is 0 Å². The zero-order chi connectivity index (χ0) is 8.10. The fourth-order valence-corrected chi connectivity index (χ4v) is 1.03. The Morgan fingerprint density at radius 2 is 2.18 bits per heavy atom. The molecule has 0 aromatic carbocycles. The molecule has 0 unspecified atom stereocenters. The quantitative estimate of drug-likeness (QED) is 0.643. The van der Waals surface area contributed by atoms with Crippen LogP contribution in [-0.2, 0) is 14.3 Å². The molecule has 1 aliphatic heterocycles. The fourth-order valence-electron chi connectivity index (χ4n) is 1.03. The van der Waals surface area contributed by atoms with Gasteiger partial charge in [0.25, 0.3) is 0 Å². The third kappa shape index (κ3) is 3.34. The third-order valence-electron chi connectivity index (χ3n) is 1.61. The predicted molar refractivity (Wildman–Crippen MR) is 37.4 cm³/mol. The highest BCUT2D eigenvalue weighted by Gasteiger charge is 2.14. The molecule has 11 heavy (non-hydrogen) atoms. The van der Waals surface area contributed by atoms with Gasteiger partial charge < -0.3 is 14.6 Å². The summed E-state index contributed by atoms with van der Waals surface area (Å²) in [6.45, 7) is 1.18. The molecule has 64 valence electrons. The molecule has 1 heterocycles. The second-order valence-electron chi connectivity index (χ2n) is 2.52. The molecule has 0 amide bonds.